The Kier molecular flexibility index (Phi) is 2.67. The number of anilines is 1. The Morgan fingerprint density at radius 3 is 2.80 bits per heavy atom. The molecule has 0 amide bonds. The van der Waals surface area contributed by atoms with E-state index in [-0.39, 0.29) is 10.9 Å². The van der Waals surface area contributed by atoms with Crippen LogP contribution < -0.4 is 5.73 Å². The monoisotopic (exact) mass is 290 g/mol. The Bertz CT molecular complexity index is 515. The number of rotatable bonds is 1. The molecule has 6 heteroatoms. The van der Waals surface area contributed by atoms with Crippen LogP contribution in [0.2, 0.25) is 5.02 Å². The van der Waals surface area contributed by atoms with Crippen LogP contribution in [0.25, 0.3) is 11.3 Å². The van der Waals surface area contributed by atoms with Crippen molar-refractivity contribution >= 4 is 33.4 Å². The van der Waals surface area contributed by atoms with Crippen LogP contribution in [-0.2, 0) is 0 Å². The highest BCUT2D eigenvalue weighted by Crippen LogP contribution is 2.33. The molecule has 2 rings (SSSR count). The van der Waals surface area contributed by atoms with Gasteiger partial charge in [-0.2, -0.15) is 0 Å². The maximum Gasteiger partial charge on any atom is 0.222 e. The van der Waals surface area contributed by atoms with Crippen LogP contribution >= 0.6 is 27.5 Å². The van der Waals surface area contributed by atoms with Gasteiger partial charge in [-0.1, -0.05) is 16.8 Å². The van der Waals surface area contributed by atoms with Crippen molar-refractivity contribution in [3.8, 4) is 11.3 Å². The molecule has 2 N–H and O–H groups in total. The molecule has 0 atom stereocenters. The number of nitrogen functional groups attached to an aromatic ring is 1. The summed E-state index contributed by atoms with van der Waals surface area (Å²) in [4.78, 5) is 0. The number of nitrogens with zero attached hydrogens (tertiary/aromatic N) is 1. The molecule has 15 heavy (non-hydrogen) atoms. The van der Waals surface area contributed by atoms with Gasteiger partial charge in [0, 0.05) is 11.6 Å². The molecule has 0 bridgehead atoms. The van der Waals surface area contributed by atoms with Gasteiger partial charge in [0.15, 0.2) is 5.82 Å². The lowest BCUT2D eigenvalue weighted by Gasteiger charge is -2.02. The number of hydrogen-bond acceptors (Lipinski definition) is 3. The Balaban J connectivity index is 2.59. The van der Waals surface area contributed by atoms with Gasteiger partial charge >= 0.3 is 0 Å². The molecule has 0 unspecified atom stereocenters. The standard InChI is InChI=1S/C9H5BrClFN2O/c10-5-2-1-4(8(11)9(5)12)6-3-7(13)15-14-6/h1-3H,13H2. The molecule has 78 valence electrons. The average molecular weight is 292 g/mol. The summed E-state index contributed by atoms with van der Waals surface area (Å²) in [5, 5.41) is 3.64. The van der Waals surface area contributed by atoms with Crippen molar-refractivity contribution in [1.29, 1.82) is 0 Å². The first-order chi connectivity index (χ1) is 7.09. The van der Waals surface area contributed by atoms with Crippen molar-refractivity contribution in [2.75, 3.05) is 5.73 Å². The van der Waals surface area contributed by atoms with Crippen LogP contribution in [0.4, 0.5) is 10.3 Å². The molecule has 0 saturated carbocycles. The second-order valence-electron chi connectivity index (χ2n) is 2.84. The lowest BCUT2D eigenvalue weighted by Crippen LogP contribution is -1.85. The van der Waals surface area contributed by atoms with E-state index in [2.05, 4.69) is 25.6 Å². The molecule has 0 spiro atoms. The third-order valence-electron chi connectivity index (χ3n) is 1.84. The van der Waals surface area contributed by atoms with E-state index in [4.69, 9.17) is 17.3 Å². The van der Waals surface area contributed by atoms with Gasteiger partial charge in [0.05, 0.1) is 9.50 Å². The predicted molar refractivity (Wildman–Crippen MR) is 59.0 cm³/mol. The van der Waals surface area contributed by atoms with Crippen LogP contribution in [0.5, 0.6) is 0 Å². The first kappa shape index (κ1) is 10.4. The van der Waals surface area contributed by atoms with Crippen LogP contribution in [-0.4, -0.2) is 5.16 Å². The maximum atomic E-state index is 13.4. The molecule has 1 aromatic carbocycles. The molecule has 3 nitrogen and oxygen atoms in total. The number of nitrogens with two attached hydrogens (primary N) is 1. The van der Waals surface area contributed by atoms with E-state index in [9.17, 15) is 4.39 Å². The van der Waals surface area contributed by atoms with Gasteiger partial charge in [-0.05, 0) is 28.1 Å². The van der Waals surface area contributed by atoms with Gasteiger partial charge in [-0.25, -0.2) is 4.39 Å². The summed E-state index contributed by atoms with van der Waals surface area (Å²) in [6.45, 7) is 0. The molecule has 2 aromatic rings. The largest absolute Gasteiger partial charge is 0.368 e. The topological polar surface area (TPSA) is 52.0 Å². The molecular formula is C9H5BrClFN2O. The highest BCUT2D eigenvalue weighted by atomic mass is 79.9. The molecular weight excluding hydrogens is 286 g/mol. The third kappa shape index (κ3) is 1.85. The second-order valence-corrected chi connectivity index (χ2v) is 4.07. The third-order valence-corrected chi connectivity index (χ3v) is 2.82. The number of benzene rings is 1. The smallest absolute Gasteiger partial charge is 0.222 e. The van der Waals surface area contributed by atoms with E-state index in [0.717, 1.165) is 0 Å². The predicted octanol–water partition coefficient (Wildman–Crippen LogP) is 3.48. The first-order valence-electron chi connectivity index (χ1n) is 3.95. The fourth-order valence-electron chi connectivity index (χ4n) is 1.14. The van der Waals surface area contributed by atoms with E-state index in [1.807, 2.05) is 0 Å². The van der Waals surface area contributed by atoms with Gasteiger partial charge in [-0.3, -0.25) is 0 Å². The Labute approximate surface area is 98.1 Å². The zero-order valence-corrected chi connectivity index (χ0v) is 9.64. The molecule has 0 fully saturated rings. The van der Waals surface area contributed by atoms with Crippen LogP contribution in [0.1, 0.15) is 0 Å². The zero-order chi connectivity index (χ0) is 11.0. The number of aromatic nitrogens is 1. The minimum absolute atomic E-state index is 0.0160. The molecule has 1 heterocycles. The SMILES string of the molecule is Nc1cc(-c2ccc(Br)c(F)c2Cl)no1. The molecule has 0 aliphatic carbocycles. The summed E-state index contributed by atoms with van der Waals surface area (Å²) in [6.07, 6.45) is 0. The Morgan fingerprint density at radius 1 is 1.47 bits per heavy atom. The summed E-state index contributed by atoms with van der Waals surface area (Å²) >= 11 is 8.84. The molecule has 1 aromatic heterocycles. The van der Waals surface area contributed by atoms with Gasteiger partial charge in [0.2, 0.25) is 5.88 Å². The summed E-state index contributed by atoms with van der Waals surface area (Å²) < 4.78 is 18.4. The minimum atomic E-state index is -0.532. The molecule has 0 aliphatic heterocycles. The van der Waals surface area contributed by atoms with E-state index in [1.54, 1.807) is 12.1 Å². The number of hydrogen-bond donors (Lipinski definition) is 1. The second kappa shape index (κ2) is 3.83. The maximum absolute atomic E-state index is 13.4. The Morgan fingerprint density at radius 2 is 2.20 bits per heavy atom. The van der Waals surface area contributed by atoms with Crippen molar-refractivity contribution in [2.24, 2.45) is 0 Å². The lowest BCUT2D eigenvalue weighted by atomic mass is 10.1. The van der Waals surface area contributed by atoms with Gasteiger partial charge in [0.25, 0.3) is 0 Å². The van der Waals surface area contributed by atoms with Crippen LogP contribution in [0.3, 0.4) is 0 Å². The first-order valence-corrected chi connectivity index (χ1v) is 5.12. The highest BCUT2D eigenvalue weighted by molar-refractivity contribution is 9.10. The van der Waals surface area contributed by atoms with Crippen LogP contribution in [0.15, 0.2) is 27.2 Å². The van der Waals surface area contributed by atoms with Crippen molar-refractivity contribution in [1.82, 2.24) is 5.16 Å². The molecule has 0 radical (unpaired) electrons. The van der Waals surface area contributed by atoms with Crippen LogP contribution in [0, 0.1) is 5.82 Å². The lowest BCUT2D eigenvalue weighted by molar-refractivity contribution is 0.439. The summed E-state index contributed by atoms with van der Waals surface area (Å²) in [5.41, 5.74) is 6.21. The Hall–Kier alpha value is -1.07. The van der Waals surface area contributed by atoms with E-state index in [1.165, 1.54) is 6.07 Å². The number of halogens is 3. The summed E-state index contributed by atoms with van der Waals surface area (Å²) in [6, 6.07) is 4.66. The zero-order valence-electron chi connectivity index (χ0n) is 7.30. The van der Waals surface area contributed by atoms with Crippen molar-refractivity contribution in [2.45, 2.75) is 0 Å². The van der Waals surface area contributed by atoms with Crippen molar-refractivity contribution in [3.63, 3.8) is 0 Å². The van der Waals surface area contributed by atoms with Gasteiger partial charge < -0.3 is 10.3 Å². The minimum Gasteiger partial charge on any atom is -0.368 e. The quantitative estimate of drug-likeness (QED) is 0.818. The molecule has 0 aliphatic rings. The summed E-state index contributed by atoms with van der Waals surface area (Å²) in [5.74, 6) is -0.375. The fourth-order valence-corrected chi connectivity index (χ4v) is 1.85. The van der Waals surface area contributed by atoms with Crippen molar-refractivity contribution < 1.29 is 8.91 Å². The fraction of sp³-hybridized carbons (Fsp3) is 0. The van der Waals surface area contributed by atoms with Gasteiger partial charge in [0.1, 0.15) is 5.69 Å². The summed E-state index contributed by atoms with van der Waals surface area (Å²) in [7, 11) is 0. The van der Waals surface area contributed by atoms with E-state index >= 15 is 0 Å². The van der Waals surface area contributed by atoms with Gasteiger partial charge in [-0.15, -0.1) is 0 Å². The highest BCUT2D eigenvalue weighted by Gasteiger charge is 2.14. The van der Waals surface area contributed by atoms with E-state index in [0.29, 0.717) is 15.7 Å². The molecule has 0 saturated heterocycles. The van der Waals surface area contributed by atoms with E-state index < -0.39 is 5.82 Å². The normalized spacial score (nSPS) is 10.6. The average Bonchev–Trinajstić information content (AvgIpc) is 2.61. The van der Waals surface area contributed by atoms with Crippen molar-refractivity contribution in [3.05, 3.63) is 33.5 Å².